The molecule has 6 N–H and O–H groups in total. The number of nitrogens with two attached hydrogens (primary N) is 1. The topological polar surface area (TPSA) is 173 Å². The number of esters is 1. The van der Waals surface area contributed by atoms with Crippen molar-refractivity contribution in [2.24, 2.45) is 5.73 Å². The number of hydrogen-bond acceptors (Lipinski definition) is 9. The molecule has 23 heavy (non-hydrogen) atoms. The zero-order chi connectivity index (χ0) is 17.4. The Bertz CT molecular complexity index is 520. The minimum Gasteiger partial charge on any atom is -0.467 e. The lowest BCUT2D eigenvalue weighted by Gasteiger charge is -2.18. The lowest BCUT2D eigenvalue weighted by Crippen LogP contribution is -2.51. The zero-order valence-electron chi connectivity index (χ0n) is 12.9. The summed E-state index contributed by atoms with van der Waals surface area (Å²) in [5.41, 5.74) is 5.70. The summed E-state index contributed by atoms with van der Waals surface area (Å²) in [6.07, 6.45) is -0.845. The molecule has 0 aliphatic rings. The molecular formula is C12H21N5O6. The molecule has 11 nitrogen and oxygen atoms in total. The predicted octanol–water partition coefficient (Wildman–Crippen LogP) is -1.83. The monoisotopic (exact) mass is 331 g/mol. The number of ether oxygens (including phenoxy) is 1. The third-order valence-corrected chi connectivity index (χ3v) is 2.88. The summed E-state index contributed by atoms with van der Waals surface area (Å²) in [6, 6.07) is -2.48. The van der Waals surface area contributed by atoms with Gasteiger partial charge in [-0.3, -0.25) is 0 Å². The number of carbonyl (C=O) groups excluding carboxylic acids is 2. The van der Waals surface area contributed by atoms with E-state index in [4.69, 9.17) is 15.4 Å². The van der Waals surface area contributed by atoms with Crippen LogP contribution < -0.4 is 16.4 Å². The van der Waals surface area contributed by atoms with Gasteiger partial charge in [-0.1, -0.05) is 5.16 Å². The number of methoxy groups -OCH3 is 1. The van der Waals surface area contributed by atoms with E-state index in [2.05, 4.69) is 25.5 Å². The molecular weight excluding hydrogens is 310 g/mol. The first-order chi connectivity index (χ1) is 10.9. The highest BCUT2D eigenvalue weighted by Crippen LogP contribution is 2.09. The van der Waals surface area contributed by atoms with Crippen molar-refractivity contribution in [3.8, 4) is 0 Å². The number of urea groups is 1. The van der Waals surface area contributed by atoms with E-state index in [9.17, 15) is 14.7 Å². The van der Waals surface area contributed by atoms with Crippen molar-refractivity contribution in [3.63, 3.8) is 0 Å². The van der Waals surface area contributed by atoms with Gasteiger partial charge < -0.3 is 35.8 Å². The number of carbonyl (C=O) groups is 2. The van der Waals surface area contributed by atoms with E-state index in [-0.39, 0.29) is 31.3 Å². The Labute approximate surface area is 132 Å². The second-order valence-corrected chi connectivity index (χ2v) is 4.73. The van der Waals surface area contributed by atoms with Crippen LogP contribution in [0.15, 0.2) is 4.52 Å². The molecule has 0 radical (unpaired) electrons. The zero-order valence-corrected chi connectivity index (χ0v) is 12.9. The molecule has 2 amide bonds. The van der Waals surface area contributed by atoms with Crippen molar-refractivity contribution in [2.75, 3.05) is 13.7 Å². The molecule has 1 aromatic heterocycles. The molecule has 0 saturated heterocycles. The summed E-state index contributed by atoms with van der Waals surface area (Å²) < 4.78 is 9.37. The molecule has 1 aromatic rings. The Balaban J connectivity index is 2.51. The second-order valence-electron chi connectivity index (χ2n) is 4.73. The summed E-state index contributed by atoms with van der Waals surface area (Å²) in [4.78, 5) is 27.1. The van der Waals surface area contributed by atoms with Crippen LogP contribution in [-0.4, -0.2) is 58.2 Å². The minimum absolute atomic E-state index is 0.0988. The molecule has 0 aromatic carbocycles. The van der Waals surface area contributed by atoms with Crippen molar-refractivity contribution in [1.29, 1.82) is 0 Å². The molecule has 1 heterocycles. The molecule has 0 aliphatic carbocycles. The standard InChI is InChI=1S/C12H21N5O6/c1-6(19)9(11(20)22-2)16-12(21)14-5-8-15-10(17-23-8)7(13)3-4-18/h6-7,9,18-19H,3-5,13H2,1-2H3,(H2,14,16,21)/t6?,7-,9-/m0/s1. The molecule has 0 saturated carbocycles. The molecule has 0 aliphatic heterocycles. The average Bonchev–Trinajstić information content (AvgIpc) is 2.99. The third kappa shape index (κ3) is 5.81. The lowest BCUT2D eigenvalue weighted by atomic mass is 10.2. The third-order valence-electron chi connectivity index (χ3n) is 2.88. The van der Waals surface area contributed by atoms with Crippen molar-refractivity contribution in [1.82, 2.24) is 20.8 Å². The SMILES string of the molecule is COC(=O)[C@@H](NC(=O)NCc1nc([C@@H](N)CCO)no1)C(C)O. The van der Waals surface area contributed by atoms with Gasteiger partial charge in [0.05, 0.1) is 25.8 Å². The van der Waals surface area contributed by atoms with E-state index in [1.54, 1.807) is 0 Å². The van der Waals surface area contributed by atoms with Gasteiger partial charge in [-0.15, -0.1) is 0 Å². The van der Waals surface area contributed by atoms with Gasteiger partial charge in [-0.25, -0.2) is 9.59 Å². The molecule has 11 heteroatoms. The number of aromatic nitrogens is 2. The van der Waals surface area contributed by atoms with E-state index in [0.29, 0.717) is 0 Å². The van der Waals surface area contributed by atoms with Crippen LogP contribution in [0.1, 0.15) is 31.1 Å². The van der Waals surface area contributed by atoms with Gasteiger partial charge in [0.25, 0.3) is 0 Å². The quantitative estimate of drug-likeness (QED) is 0.343. The fourth-order valence-corrected chi connectivity index (χ4v) is 1.61. The minimum atomic E-state index is -1.20. The van der Waals surface area contributed by atoms with E-state index in [1.165, 1.54) is 6.92 Å². The van der Waals surface area contributed by atoms with Gasteiger partial charge in [0.2, 0.25) is 5.89 Å². The van der Waals surface area contributed by atoms with E-state index in [0.717, 1.165) is 7.11 Å². The van der Waals surface area contributed by atoms with Crippen LogP contribution >= 0.6 is 0 Å². The van der Waals surface area contributed by atoms with Crippen LogP contribution in [-0.2, 0) is 16.1 Å². The van der Waals surface area contributed by atoms with Crippen LogP contribution in [0, 0.1) is 0 Å². The first kappa shape index (κ1) is 18.8. The van der Waals surface area contributed by atoms with Crippen LogP contribution in [0.5, 0.6) is 0 Å². The summed E-state index contributed by atoms with van der Waals surface area (Å²) >= 11 is 0. The summed E-state index contributed by atoms with van der Waals surface area (Å²) in [7, 11) is 1.15. The fraction of sp³-hybridized carbons (Fsp3) is 0.667. The maximum absolute atomic E-state index is 11.7. The van der Waals surface area contributed by atoms with E-state index in [1.807, 2.05) is 0 Å². The molecule has 130 valence electrons. The van der Waals surface area contributed by atoms with Crippen LogP contribution in [0.2, 0.25) is 0 Å². The Kier molecular flexibility index (Phi) is 7.38. The van der Waals surface area contributed by atoms with E-state index < -0.39 is 30.2 Å². The fourth-order valence-electron chi connectivity index (χ4n) is 1.61. The summed E-state index contributed by atoms with van der Waals surface area (Å²) in [5.74, 6) is -0.451. The number of nitrogens with zero attached hydrogens (tertiary/aromatic N) is 2. The highest BCUT2D eigenvalue weighted by molar-refractivity contribution is 5.83. The molecule has 0 spiro atoms. The smallest absolute Gasteiger partial charge is 0.331 e. The van der Waals surface area contributed by atoms with Gasteiger partial charge >= 0.3 is 12.0 Å². The first-order valence-corrected chi connectivity index (χ1v) is 6.88. The first-order valence-electron chi connectivity index (χ1n) is 6.88. The second kappa shape index (κ2) is 9.02. The largest absolute Gasteiger partial charge is 0.467 e. The maximum Gasteiger partial charge on any atom is 0.331 e. The summed E-state index contributed by atoms with van der Waals surface area (Å²) in [5, 5.41) is 26.5. The van der Waals surface area contributed by atoms with Gasteiger partial charge in [-0.2, -0.15) is 4.98 Å². The van der Waals surface area contributed by atoms with Crippen LogP contribution in [0.3, 0.4) is 0 Å². The number of rotatable bonds is 8. The van der Waals surface area contributed by atoms with Crippen molar-refractivity contribution in [2.45, 2.75) is 38.1 Å². The van der Waals surface area contributed by atoms with E-state index >= 15 is 0 Å². The molecule has 1 unspecified atom stereocenters. The predicted molar refractivity (Wildman–Crippen MR) is 75.8 cm³/mol. The normalized spacial score (nSPS) is 14.7. The Morgan fingerprint density at radius 1 is 1.48 bits per heavy atom. The highest BCUT2D eigenvalue weighted by atomic mass is 16.5. The number of nitrogens with one attached hydrogen (secondary N) is 2. The molecule has 1 rings (SSSR count). The van der Waals surface area contributed by atoms with Crippen molar-refractivity contribution >= 4 is 12.0 Å². The number of amides is 2. The number of aliphatic hydroxyl groups is 2. The highest BCUT2D eigenvalue weighted by Gasteiger charge is 2.26. The van der Waals surface area contributed by atoms with Gasteiger partial charge in [0.1, 0.15) is 0 Å². The average molecular weight is 331 g/mol. The van der Waals surface area contributed by atoms with Crippen LogP contribution in [0.4, 0.5) is 4.79 Å². The Morgan fingerprint density at radius 3 is 2.74 bits per heavy atom. The Hall–Kier alpha value is -2.24. The maximum atomic E-state index is 11.7. The van der Waals surface area contributed by atoms with Crippen molar-refractivity contribution in [3.05, 3.63) is 11.7 Å². The molecule has 0 fully saturated rings. The molecule has 0 bridgehead atoms. The lowest BCUT2D eigenvalue weighted by molar-refractivity contribution is -0.145. The van der Waals surface area contributed by atoms with Crippen LogP contribution in [0.25, 0.3) is 0 Å². The number of aliphatic hydroxyl groups excluding tert-OH is 2. The number of hydrogen-bond donors (Lipinski definition) is 5. The van der Waals surface area contributed by atoms with Gasteiger partial charge in [0.15, 0.2) is 11.9 Å². The Morgan fingerprint density at radius 2 is 2.17 bits per heavy atom. The van der Waals surface area contributed by atoms with Gasteiger partial charge in [-0.05, 0) is 13.3 Å². The van der Waals surface area contributed by atoms with Crippen molar-refractivity contribution < 1.29 is 29.1 Å². The van der Waals surface area contributed by atoms with Gasteiger partial charge in [0, 0.05) is 6.61 Å². The summed E-state index contributed by atoms with van der Waals surface area (Å²) in [6.45, 7) is 1.13. The molecule has 3 atom stereocenters.